The topological polar surface area (TPSA) is 136 Å². The van der Waals surface area contributed by atoms with Crippen LogP contribution in [0.25, 0.3) is 0 Å². The molecule has 2 amide bonds. The maximum absolute atomic E-state index is 13.2. The predicted octanol–water partition coefficient (Wildman–Crippen LogP) is 2.45. The fraction of sp³-hybridized carbons (Fsp3) is 0.429. The molecule has 0 aliphatic carbocycles. The van der Waals surface area contributed by atoms with Crippen molar-refractivity contribution in [2.75, 3.05) is 31.6 Å². The van der Waals surface area contributed by atoms with E-state index >= 15 is 0 Å². The summed E-state index contributed by atoms with van der Waals surface area (Å²) in [6.45, 7) is 1.70. The van der Waals surface area contributed by atoms with Gasteiger partial charge in [-0.2, -0.15) is 5.10 Å². The SMILES string of the molecule is N=C1CCN(C(=O)OC2CCOCC2)C[C@H]1n1cc(C(N)=O)c(Nc2ccc(F)cc2)n1. The van der Waals surface area contributed by atoms with Crippen molar-refractivity contribution in [3.63, 3.8) is 0 Å². The van der Waals surface area contributed by atoms with Gasteiger partial charge in [-0.25, -0.2) is 9.18 Å². The number of amides is 2. The normalized spacial score (nSPS) is 19.6. The van der Waals surface area contributed by atoms with Crippen LogP contribution in [0.2, 0.25) is 0 Å². The van der Waals surface area contributed by atoms with Crippen molar-refractivity contribution in [2.24, 2.45) is 5.73 Å². The van der Waals surface area contributed by atoms with E-state index in [9.17, 15) is 14.0 Å². The molecule has 32 heavy (non-hydrogen) atoms. The number of rotatable bonds is 5. The molecular formula is C21H25FN6O4. The number of aromatic nitrogens is 2. The summed E-state index contributed by atoms with van der Waals surface area (Å²) in [6.07, 6.45) is 2.55. The minimum atomic E-state index is -0.695. The predicted molar refractivity (Wildman–Crippen MR) is 114 cm³/mol. The first-order chi connectivity index (χ1) is 15.4. The van der Waals surface area contributed by atoms with Gasteiger partial charge in [-0.1, -0.05) is 0 Å². The summed E-state index contributed by atoms with van der Waals surface area (Å²) in [5.41, 5.74) is 6.55. The molecule has 2 aliphatic heterocycles. The Bertz CT molecular complexity index is 1000. The molecule has 11 heteroatoms. The monoisotopic (exact) mass is 444 g/mol. The van der Waals surface area contributed by atoms with Gasteiger partial charge in [0.05, 0.1) is 19.8 Å². The summed E-state index contributed by atoms with van der Waals surface area (Å²) in [6, 6.07) is 5.02. The Balaban J connectivity index is 1.50. The van der Waals surface area contributed by atoms with Gasteiger partial charge >= 0.3 is 6.09 Å². The number of carbonyl (C=O) groups excluding carboxylic acids is 2. The fourth-order valence-electron chi connectivity index (χ4n) is 3.75. The van der Waals surface area contributed by atoms with Gasteiger partial charge in [0.1, 0.15) is 23.5 Å². The minimum absolute atomic E-state index is 0.129. The lowest BCUT2D eigenvalue weighted by Crippen LogP contribution is -2.46. The van der Waals surface area contributed by atoms with Gasteiger partial charge in [0.15, 0.2) is 5.82 Å². The Morgan fingerprint density at radius 1 is 1.25 bits per heavy atom. The third-order valence-corrected chi connectivity index (χ3v) is 5.56. The van der Waals surface area contributed by atoms with E-state index in [1.165, 1.54) is 35.1 Å². The molecule has 10 nitrogen and oxygen atoms in total. The summed E-state index contributed by atoms with van der Waals surface area (Å²) < 4.78 is 25.5. The molecule has 0 saturated carbocycles. The number of nitrogens with one attached hydrogen (secondary N) is 2. The molecule has 4 N–H and O–H groups in total. The highest BCUT2D eigenvalue weighted by atomic mass is 19.1. The number of primary amides is 1. The van der Waals surface area contributed by atoms with E-state index in [4.69, 9.17) is 20.6 Å². The molecule has 0 bridgehead atoms. The molecule has 2 aliphatic rings. The van der Waals surface area contributed by atoms with Crippen LogP contribution in [-0.2, 0) is 9.47 Å². The zero-order valence-corrected chi connectivity index (χ0v) is 17.4. The van der Waals surface area contributed by atoms with Crippen molar-refractivity contribution in [1.29, 1.82) is 5.41 Å². The summed E-state index contributed by atoms with van der Waals surface area (Å²) in [7, 11) is 0. The molecule has 1 aromatic carbocycles. The van der Waals surface area contributed by atoms with Crippen molar-refractivity contribution in [2.45, 2.75) is 31.4 Å². The van der Waals surface area contributed by atoms with Gasteiger partial charge < -0.3 is 30.8 Å². The molecular weight excluding hydrogens is 419 g/mol. The molecule has 1 atom stereocenters. The number of halogens is 1. The van der Waals surface area contributed by atoms with Crippen LogP contribution in [0, 0.1) is 11.2 Å². The number of benzene rings is 1. The Morgan fingerprint density at radius 3 is 2.66 bits per heavy atom. The maximum Gasteiger partial charge on any atom is 0.410 e. The molecule has 0 unspecified atom stereocenters. The second-order valence-corrected chi connectivity index (χ2v) is 7.80. The first-order valence-corrected chi connectivity index (χ1v) is 10.4. The van der Waals surface area contributed by atoms with Crippen molar-refractivity contribution < 1.29 is 23.5 Å². The zero-order chi connectivity index (χ0) is 22.7. The summed E-state index contributed by atoms with van der Waals surface area (Å²) in [5, 5.41) is 15.7. The smallest absolute Gasteiger partial charge is 0.410 e. The zero-order valence-electron chi connectivity index (χ0n) is 17.4. The molecule has 2 fully saturated rings. The van der Waals surface area contributed by atoms with E-state index in [1.807, 2.05) is 0 Å². The van der Waals surface area contributed by atoms with Crippen molar-refractivity contribution in [3.05, 3.63) is 41.8 Å². The van der Waals surface area contributed by atoms with Gasteiger partial charge in [-0.05, 0) is 24.3 Å². The average Bonchev–Trinajstić information content (AvgIpc) is 3.20. The van der Waals surface area contributed by atoms with Crippen LogP contribution in [0.15, 0.2) is 30.5 Å². The Morgan fingerprint density at radius 2 is 1.97 bits per heavy atom. The summed E-state index contributed by atoms with van der Waals surface area (Å²) >= 11 is 0. The highest BCUT2D eigenvalue weighted by Gasteiger charge is 2.32. The molecule has 1 aromatic heterocycles. The maximum atomic E-state index is 13.2. The van der Waals surface area contributed by atoms with E-state index < -0.39 is 18.0 Å². The first-order valence-electron chi connectivity index (χ1n) is 10.4. The number of anilines is 2. The second kappa shape index (κ2) is 9.35. The van der Waals surface area contributed by atoms with Crippen LogP contribution in [0.5, 0.6) is 0 Å². The lowest BCUT2D eigenvalue weighted by molar-refractivity contribution is -0.0113. The number of hydrogen-bond acceptors (Lipinski definition) is 7. The van der Waals surface area contributed by atoms with Gasteiger partial charge in [0.2, 0.25) is 0 Å². The van der Waals surface area contributed by atoms with Crippen LogP contribution in [0.1, 0.15) is 35.7 Å². The number of nitrogens with two attached hydrogens (primary N) is 1. The lowest BCUT2D eigenvalue weighted by Gasteiger charge is -2.34. The molecule has 170 valence electrons. The van der Waals surface area contributed by atoms with E-state index in [2.05, 4.69) is 10.4 Å². The van der Waals surface area contributed by atoms with Gasteiger partial charge in [0, 0.05) is 43.4 Å². The standard InChI is InChI=1S/C21H25FN6O4/c22-13-1-3-14(4-2-13)25-20-16(19(24)29)11-28(26-20)18-12-27(8-5-17(18)23)21(30)32-15-6-9-31-10-7-15/h1-4,11,15,18,23H,5-10,12H2,(H2,24,29)(H,25,26)/t18-/m1/s1. The van der Waals surface area contributed by atoms with Crippen LogP contribution in [0.4, 0.5) is 20.7 Å². The average molecular weight is 444 g/mol. The molecule has 0 radical (unpaired) electrons. The third-order valence-electron chi connectivity index (χ3n) is 5.56. The highest BCUT2D eigenvalue weighted by Crippen LogP contribution is 2.25. The van der Waals surface area contributed by atoms with Crippen LogP contribution in [-0.4, -0.2) is 64.8 Å². The van der Waals surface area contributed by atoms with Gasteiger partial charge in [-0.15, -0.1) is 0 Å². The Hall–Kier alpha value is -3.47. The lowest BCUT2D eigenvalue weighted by atomic mass is 10.0. The highest BCUT2D eigenvalue weighted by molar-refractivity contribution is 5.98. The van der Waals surface area contributed by atoms with Crippen LogP contribution in [0.3, 0.4) is 0 Å². The van der Waals surface area contributed by atoms with E-state index in [1.54, 1.807) is 4.90 Å². The number of ether oxygens (including phenoxy) is 2. The quantitative estimate of drug-likeness (QED) is 0.648. The molecule has 0 spiro atoms. The van der Waals surface area contributed by atoms with Crippen molar-refractivity contribution >= 4 is 29.2 Å². The Labute approximate surface area is 184 Å². The summed E-state index contributed by atoms with van der Waals surface area (Å²) in [4.78, 5) is 26.2. The number of hydrogen-bond donors (Lipinski definition) is 3. The fourth-order valence-corrected chi connectivity index (χ4v) is 3.75. The van der Waals surface area contributed by atoms with Gasteiger partial charge in [-0.3, -0.25) is 9.48 Å². The molecule has 2 aromatic rings. The summed E-state index contributed by atoms with van der Waals surface area (Å²) in [5.74, 6) is -0.891. The van der Waals surface area contributed by atoms with E-state index in [0.717, 1.165) is 0 Å². The minimum Gasteiger partial charge on any atom is -0.446 e. The van der Waals surface area contributed by atoms with Crippen molar-refractivity contribution in [1.82, 2.24) is 14.7 Å². The number of likely N-dealkylation sites (tertiary alicyclic amines) is 1. The molecule has 4 rings (SSSR count). The third kappa shape index (κ3) is 4.88. The number of carbonyl (C=O) groups is 2. The molecule has 2 saturated heterocycles. The number of piperidine rings is 1. The largest absolute Gasteiger partial charge is 0.446 e. The van der Waals surface area contributed by atoms with Gasteiger partial charge in [0.25, 0.3) is 5.91 Å². The van der Waals surface area contributed by atoms with E-state index in [0.29, 0.717) is 50.4 Å². The van der Waals surface area contributed by atoms with Crippen LogP contribution < -0.4 is 11.1 Å². The first kappa shape index (κ1) is 21.8. The second-order valence-electron chi connectivity index (χ2n) is 7.80. The number of nitrogens with zero attached hydrogens (tertiary/aromatic N) is 3. The Kier molecular flexibility index (Phi) is 6.35. The van der Waals surface area contributed by atoms with E-state index in [-0.39, 0.29) is 29.8 Å². The van der Waals surface area contributed by atoms with Crippen molar-refractivity contribution in [3.8, 4) is 0 Å². The van der Waals surface area contributed by atoms with Crippen LogP contribution >= 0.6 is 0 Å². The molecule has 3 heterocycles.